The highest BCUT2D eigenvalue weighted by Gasteiger charge is 2.45. The molecule has 2 rings (SSSR count). The second kappa shape index (κ2) is 5.23. The zero-order valence-corrected chi connectivity index (χ0v) is 12.5. The van der Waals surface area contributed by atoms with E-state index in [0.29, 0.717) is 23.9 Å². The van der Waals surface area contributed by atoms with Crippen molar-refractivity contribution in [1.82, 2.24) is 10.0 Å². The minimum atomic E-state index is -3.41. The molecular weight excluding hydrogens is 260 g/mol. The van der Waals surface area contributed by atoms with Gasteiger partial charge in [0.2, 0.25) is 10.0 Å². The zero-order valence-electron chi connectivity index (χ0n) is 11.7. The molecule has 0 aromatic heterocycles. The van der Waals surface area contributed by atoms with Crippen molar-refractivity contribution >= 4 is 10.0 Å². The first-order valence-electron chi connectivity index (χ1n) is 6.59. The Morgan fingerprint density at radius 3 is 2.53 bits per heavy atom. The van der Waals surface area contributed by atoms with E-state index in [0.717, 1.165) is 12.0 Å². The Morgan fingerprint density at radius 1 is 1.32 bits per heavy atom. The molecular formula is C14H22N2O2S. The van der Waals surface area contributed by atoms with Crippen molar-refractivity contribution in [1.29, 1.82) is 0 Å². The third-order valence-corrected chi connectivity index (χ3v) is 5.39. The van der Waals surface area contributed by atoms with E-state index in [1.54, 1.807) is 12.1 Å². The molecule has 0 spiro atoms. The number of hydrogen-bond donors (Lipinski definition) is 2. The third kappa shape index (κ3) is 3.35. The fourth-order valence-corrected chi connectivity index (χ4v) is 3.63. The summed E-state index contributed by atoms with van der Waals surface area (Å²) in [4.78, 5) is 0.378. The first-order chi connectivity index (χ1) is 8.87. The maximum Gasteiger partial charge on any atom is 0.240 e. The van der Waals surface area contributed by atoms with Gasteiger partial charge in [-0.2, -0.15) is 0 Å². The molecule has 0 heterocycles. The molecule has 4 nitrogen and oxygen atoms in total. The van der Waals surface area contributed by atoms with Crippen LogP contribution in [0.1, 0.15) is 25.8 Å². The lowest BCUT2D eigenvalue weighted by Gasteiger charge is -2.11. The fraction of sp³-hybridized carbons (Fsp3) is 0.571. The molecule has 0 amide bonds. The van der Waals surface area contributed by atoms with Crippen LogP contribution in [0.15, 0.2) is 29.2 Å². The van der Waals surface area contributed by atoms with Crippen molar-refractivity contribution in [3.63, 3.8) is 0 Å². The van der Waals surface area contributed by atoms with E-state index in [-0.39, 0.29) is 5.41 Å². The topological polar surface area (TPSA) is 58.2 Å². The van der Waals surface area contributed by atoms with E-state index in [9.17, 15) is 8.42 Å². The van der Waals surface area contributed by atoms with E-state index in [1.807, 2.05) is 19.2 Å². The van der Waals surface area contributed by atoms with Crippen LogP contribution < -0.4 is 10.0 Å². The standard InChI is InChI=1S/C14H22N2O2S/c1-14(2)8-12(14)10-16-19(17,18)13-7-5-4-6-11(13)9-15-3/h4-7,12,15-16H,8-10H2,1-3H3. The Bertz CT molecular complexity index is 552. The minimum absolute atomic E-state index is 0.285. The third-order valence-electron chi connectivity index (χ3n) is 3.87. The van der Waals surface area contributed by atoms with E-state index in [1.165, 1.54) is 0 Å². The summed E-state index contributed by atoms with van der Waals surface area (Å²) in [6.07, 6.45) is 1.09. The van der Waals surface area contributed by atoms with Gasteiger partial charge in [-0.3, -0.25) is 0 Å². The van der Waals surface area contributed by atoms with Gasteiger partial charge in [0.1, 0.15) is 0 Å². The lowest BCUT2D eigenvalue weighted by Crippen LogP contribution is -2.28. The van der Waals surface area contributed by atoms with Gasteiger partial charge in [-0.25, -0.2) is 13.1 Å². The first-order valence-corrected chi connectivity index (χ1v) is 8.07. The predicted octanol–water partition coefficient (Wildman–Crippen LogP) is 1.73. The van der Waals surface area contributed by atoms with Crippen LogP contribution in [0.25, 0.3) is 0 Å². The lowest BCUT2D eigenvalue weighted by molar-refractivity contribution is 0.537. The molecule has 106 valence electrons. The first kappa shape index (κ1) is 14.5. The maximum atomic E-state index is 12.3. The molecule has 5 heteroatoms. The summed E-state index contributed by atoms with van der Waals surface area (Å²) in [7, 11) is -1.60. The molecule has 1 atom stereocenters. The van der Waals surface area contributed by atoms with Crippen molar-refractivity contribution < 1.29 is 8.42 Å². The van der Waals surface area contributed by atoms with E-state index in [4.69, 9.17) is 0 Å². The van der Waals surface area contributed by atoms with Gasteiger partial charge in [0.25, 0.3) is 0 Å². The molecule has 1 aromatic carbocycles. The van der Waals surface area contributed by atoms with Gasteiger partial charge in [-0.1, -0.05) is 32.0 Å². The van der Waals surface area contributed by atoms with E-state index < -0.39 is 10.0 Å². The molecule has 1 fully saturated rings. The van der Waals surface area contributed by atoms with Gasteiger partial charge >= 0.3 is 0 Å². The van der Waals surface area contributed by atoms with Crippen LogP contribution in [0.4, 0.5) is 0 Å². The lowest BCUT2D eigenvalue weighted by atomic mass is 10.1. The summed E-state index contributed by atoms with van der Waals surface area (Å²) in [5, 5.41) is 2.99. The molecule has 0 saturated heterocycles. The highest BCUT2D eigenvalue weighted by molar-refractivity contribution is 7.89. The number of rotatable bonds is 6. The van der Waals surface area contributed by atoms with E-state index in [2.05, 4.69) is 23.9 Å². The molecule has 0 aliphatic heterocycles. The Labute approximate surface area is 115 Å². The monoisotopic (exact) mass is 282 g/mol. The van der Waals surface area contributed by atoms with Crippen LogP contribution in [0.2, 0.25) is 0 Å². The smallest absolute Gasteiger partial charge is 0.240 e. The highest BCUT2D eigenvalue weighted by Crippen LogP contribution is 2.51. The van der Waals surface area contributed by atoms with Gasteiger partial charge in [0.15, 0.2) is 0 Å². The number of hydrogen-bond acceptors (Lipinski definition) is 3. The Morgan fingerprint density at radius 2 is 1.95 bits per heavy atom. The number of benzene rings is 1. The average molecular weight is 282 g/mol. The zero-order chi connectivity index (χ0) is 14.1. The van der Waals surface area contributed by atoms with Crippen LogP contribution >= 0.6 is 0 Å². The molecule has 1 aliphatic rings. The SMILES string of the molecule is CNCc1ccccc1S(=O)(=O)NCC1CC1(C)C. The summed E-state index contributed by atoms with van der Waals surface area (Å²) < 4.78 is 27.4. The van der Waals surface area contributed by atoms with E-state index >= 15 is 0 Å². The fourth-order valence-electron chi connectivity index (χ4n) is 2.32. The maximum absolute atomic E-state index is 12.3. The Hall–Kier alpha value is -0.910. The van der Waals surface area contributed by atoms with Gasteiger partial charge < -0.3 is 5.32 Å². The van der Waals surface area contributed by atoms with Crippen LogP contribution in [-0.2, 0) is 16.6 Å². The summed E-state index contributed by atoms with van der Waals surface area (Å²) >= 11 is 0. The van der Waals surface area contributed by atoms with Crippen molar-refractivity contribution in [3.05, 3.63) is 29.8 Å². The number of sulfonamides is 1. The second-order valence-electron chi connectivity index (χ2n) is 5.88. The molecule has 1 unspecified atom stereocenters. The molecule has 0 radical (unpaired) electrons. The minimum Gasteiger partial charge on any atom is -0.316 e. The Balaban J connectivity index is 2.11. The largest absolute Gasteiger partial charge is 0.316 e. The molecule has 0 bridgehead atoms. The quantitative estimate of drug-likeness (QED) is 0.835. The van der Waals surface area contributed by atoms with Crippen LogP contribution in [0.5, 0.6) is 0 Å². The summed E-state index contributed by atoms with van der Waals surface area (Å²) in [6.45, 7) is 5.41. The highest BCUT2D eigenvalue weighted by atomic mass is 32.2. The van der Waals surface area contributed by atoms with Crippen LogP contribution in [0.3, 0.4) is 0 Å². The summed E-state index contributed by atoms with van der Waals surface area (Å²) in [6, 6.07) is 7.11. The molecule has 2 N–H and O–H groups in total. The van der Waals surface area contributed by atoms with Crippen LogP contribution in [0, 0.1) is 11.3 Å². The van der Waals surface area contributed by atoms with Crippen molar-refractivity contribution in [2.75, 3.05) is 13.6 Å². The normalized spacial score (nSPS) is 21.3. The van der Waals surface area contributed by atoms with Gasteiger partial charge in [0, 0.05) is 13.1 Å². The van der Waals surface area contributed by atoms with Gasteiger partial charge in [-0.15, -0.1) is 0 Å². The molecule has 1 aromatic rings. The van der Waals surface area contributed by atoms with Gasteiger partial charge in [-0.05, 0) is 36.4 Å². The van der Waals surface area contributed by atoms with Crippen molar-refractivity contribution in [3.8, 4) is 0 Å². The summed E-state index contributed by atoms with van der Waals surface area (Å²) in [5.74, 6) is 0.457. The molecule has 1 aliphatic carbocycles. The Kier molecular flexibility index (Phi) is 3.99. The summed E-state index contributed by atoms with van der Waals surface area (Å²) in [5.41, 5.74) is 1.08. The molecule has 1 saturated carbocycles. The average Bonchev–Trinajstić information content (AvgIpc) is 2.96. The van der Waals surface area contributed by atoms with Crippen LogP contribution in [-0.4, -0.2) is 22.0 Å². The van der Waals surface area contributed by atoms with Gasteiger partial charge in [0.05, 0.1) is 4.90 Å². The second-order valence-corrected chi connectivity index (χ2v) is 7.61. The van der Waals surface area contributed by atoms with Crippen molar-refractivity contribution in [2.24, 2.45) is 11.3 Å². The van der Waals surface area contributed by atoms with Crippen molar-refractivity contribution in [2.45, 2.75) is 31.7 Å². The number of nitrogens with one attached hydrogen (secondary N) is 2. The predicted molar refractivity (Wildman–Crippen MR) is 76.3 cm³/mol. The molecule has 19 heavy (non-hydrogen) atoms.